The molecular weight excluding hydrogens is 159 g/mol. The summed E-state index contributed by atoms with van der Waals surface area (Å²) in [7, 11) is 0. The number of rotatable bonds is 3. The molecule has 0 aliphatic heterocycles. The van der Waals surface area contributed by atoms with E-state index in [2.05, 4.69) is 17.6 Å². The molecule has 0 aromatic heterocycles. The predicted octanol–water partition coefficient (Wildman–Crippen LogP) is 2.64. The van der Waals surface area contributed by atoms with Crippen LogP contribution in [0.2, 0.25) is 0 Å². The molecule has 0 atom stereocenters. The number of hydrogen-bond acceptors (Lipinski definition) is 1. The van der Waals surface area contributed by atoms with Crippen LogP contribution in [0, 0.1) is 5.82 Å². The van der Waals surface area contributed by atoms with Crippen molar-refractivity contribution in [2.75, 3.05) is 0 Å². The first kappa shape index (κ1) is 8.34. The van der Waals surface area contributed by atoms with Gasteiger partial charge in [0, 0.05) is 5.37 Å². The molecule has 0 bridgehead atoms. The summed E-state index contributed by atoms with van der Waals surface area (Å²) in [6.07, 6.45) is 1.28. The third kappa shape index (κ3) is 2.39. The normalized spacial score (nSPS) is 9.55. The van der Waals surface area contributed by atoms with Gasteiger partial charge in [-0.25, -0.2) is 4.39 Å². The van der Waals surface area contributed by atoms with E-state index in [-0.39, 0.29) is 5.82 Å². The Morgan fingerprint density at radius 3 is 2.73 bits per heavy atom. The fourth-order valence-electron chi connectivity index (χ4n) is 0.887. The van der Waals surface area contributed by atoms with Gasteiger partial charge in [0.1, 0.15) is 5.82 Å². The van der Waals surface area contributed by atoms with Crippen LogP contribution < -0.4 is 0 Å². The summed E-state index contributed by atoms with van der Waals surface area (Å²) in [6, 6.07) is 6.72. The third-order valence-electron chi connectivity index (χ3n) is 1.45. The van der Waals surface area contributed by atoms with E-state index < -0.39 is 0 Å². The highest BCUT2D eigenvalue weighted by Gasteiger charge is 1.97. The summed E-state index contributed by atoms with van der Waals surface area (Å²) in [5.74, 6) is -0.155. The zero-order valence-electron chi connectivity index (χ0n) is 6.01. The van der Waals surface area contributed by atoms with Crippen LogP contribution in [0.5, 0.6) is 0 Å². The highest BCUT2D eigenvalue weighted by Crippen LogP contribution is 2.07. The van der Waals surface area contributed by atoms with Crippen LogP contribution in [0.25, 0.3) is 0 Å². The summed E-state index contributed by atoms with van der Waals surface area (Å²) in [5.41, 5.74) is 0.713. The van der Waals surface area contributed by atoms with E-state index in [1.54, 1.807) is 12.1 Å². The maximum atomic E-state index is 12.9. The molecular formula is C9H8FS. The molecule has 0 heterocycles. The number of aryl methyl sites for hydroxylation is 1. The van der Waals surface area contributed by atoms with Gasteiger partial charge in [0.15, 0.2) is 0 Å². The Morgan fingerprint density at radius 1 is 1.36 bits per heavy atom. The van der Waals surface area contributed by atoms with Crippen LogP contribution >= 0.6 is 12.2 Å². The summed E-state index contributed by atoms with van der Waals surface area (Å²) < 4.78 is 12.9. The first-order valence-corrected chi connectivity index (χ1v) is 3.84. The fraction of sp³-hybridized carbons (Fsp3) is 0.222. The van der Waals surface area contributed by atoms with E-state index in [9.17, 15) is 4.39 Å². The molecule has 1 aromatic rings. The van der Waals surface area contributed by atoms with Crippen LogP contribution in [0.1, 0.15) is 12.0 Å². The van der Waals surface area contributed by atoms with Gasteiger partial charge in [0.2, 0.25) is 0 Å². The smallest absolute Gasteiger partial charge is 0.126 e. The maximum Gasteiger partial charge on any atom is 0.126 e. The molecule has 0 fully saturated rings. The Bertz CT molecular complexity index is 245. The molecule has 0 N–H and O–H groups in total. The highest BCUT2D eigenvalue weighted by molar-refractivity contribution is 7.78. The first-order chi connectivity index (χ1) is 5.34. The molecule has 2 heteroatoms. The standard InChI is InChI=1S/C9H8FS/c10-9-6-2-1-4-8(9)5-3-7-11/h1-2,4,6H,3,5H2. The molecule has 57 valence electrons. The Balaban J connectivity index is 2.69. The molecule has 1 rings (SSSR count). The Morgan fingerprint density at radius 2 is 2.09 bits per heavy atom. The quantitative estimate of drug-likeness (QED) is 0.623. The van der Waals surface area contributed by atoms with Gasteiger partial charge in [-0.05, 0) is 24.5 Å². The molecule has 0 nitrogen and oxygen atoms in total. The maximum absolute atomic E-state index is 12.9. The van der Waals surface area contributed by atoms with Crippen molar-refractivity contribution in [3.63, 3.8) is 0 Å². The van der Waals surface area contributed by atoms with Crippen LogP contribution in [-0.4, -0.2) is 5.37 Å². The molecule has 0 amide bonds. The van der Waals surface area contributed by atoms with Gasteiger partial charge in [0.05, 0.1) is 0 Å². The fourth-order valence-corrected chi connectivity index (χ4v) is 0.989. The second kappa shape index (κ2) is 4.19. The van der Waals surface area contributed by atoms with Gasteiger partial charge in [-0.15, -0.1) is 0 Å². The minimum Gasteiger partial charge on any atom is -0.207 e. The zero-order chi connectivity index (χ0) is 8.10. The van der Waals surface area contributed by atoms with E-state index in [0.717, 1.165) is 0 Å². The molecule has 0 aliphatic rings. The average molecular weight is 167 g/mol. The summed E-state index contributed by atoms with van der Waals surface area (Å²) in [4.78, 5) is 0. The van der Waals surface area contributed by atoms with E-state index in [0.29, 0.717) is 18.4 Å². The van der Waals surface area contributed by atoms with Gasteiger partial charge in [-0.3, -0.25) is 0 Å². The van der Waals surface area contributed by atoms with Crippen LogP contribution in [0.15, 0.2) is 24.3 Å². The number of hydrogen-bond donors (Lipinski definition) is 0. The van der Waals surface area contributed by atoms with Crippen LogP contribution in [-0.2, 0) is 6.42 Å². The van der Waals surface area contributed by atoms with E-state index in [1.165, 1.54) is 6.07 Å². The van der Waals surface area contributed by atoms with Gasteiger partial charge < -0.3 is 0 Å². The predicted molar refractivity (Wildman–Crippen MR) is 47.3 cm³/mol. The van der Waals surface area contributed by atoms with Gasteiger partial charge in [0.25, 0.3) is 0 Å². The summed E-state index contributed by atoms with van der Waals surface area (Å²) in [5, 5.41) is 2.56. The average Bonchev–Trinajstić information content (AvgIpc) is 2.03. The third-order valence-corrected chi connectivity index (χ3v) is 1.66. The lowest BCUT2D eigenvalue weighted by atomic mass is 10.1. The van der Waals surface area contributed by atoms with Gasteiger partial charge in [-0.2, -0.15) is 0 Å². The van der Waals surface area contributed by atoms with Crippen LogP contribution in [0.3, 0.4) is 0 Å². The molecule has 0 spiro atoms. The number of benzene rings is 1. The highest BCUT2D eigenvalue weighted by atomic mass is 32.1. The minimum absolute atomic E-state index is 0.155. The molecule has 0 saturated heterocycles. The van der Waals surface area contributed by atoms with Crippen molar-refractivity contribution in [3.05, 3.63) is 35.6 Å². The van der Waals surface area contributed by atoms with E-state index in [1.807, 2.05) is 6.07 Å². The largest absolute Gasteiger partial charge is 0.207 e. The minimum atomic E-state index is -0.155. The molecule has 1 radical (unpaired) electrons. The second-order valence-corrected chi connectivity index (χ2v) is 2.52. The van der Waals surface area contributed by atoms with E-state index >= 15 is 0 Å². The molecule has 0 saturated carbocycles. The Kier molecular flexibility index (Phi) is 3.17. The number of halogens is 1. The summed E-state index contributed by atoms with van der Waals surface area (Å²) in [6.45, 7) is 0. The lowest BCUT2D eigenvalue weighted by Crippen LogP contribution is -1.89. The molecule has 0 aliphatic carbocycles. The monoisotopic (exact) mass is 167 g/mol. The lowest BCUT2D eigenvalue weighted by Gasteiger charge is -1.97. The molecule has 11 heavy (non-hydrogen) atoms. The van der Waals surface area contributed by atoms with Crippen molar-refractivity contribution >= 4 is 17.6 Å². The molecule has 0 unspecified atom stereocenters. The van der Waals surface area contributed by atoms with Crippen LogP contribution in [0.4, 0.5) is 4.39 Å². The van der Waals surface area contributed by atoms with Crippen molar-refractivity contribution < 1.29 is 4.39 Å². The Labute approximate surface area is 71.1 Å². The van der Waals surface area contributed by atoms with Crippen molar-refractivity contribution in [2.45, 2.75) is 12.8 Å². The van der Waals surface area contributed by atoms with Gasteiger partial charge in [-0.1, -0.05) is 30.4 Å². The molecule has 1 aromatic carbocycles. The van der Waals surface area contributed by atoms with Gasteiger partial charge >= 0.3 is 0 Å². The lowest BCUT2D eigenvalue weighted by molar-refractivity contribution is 0.611. The van der Waals surface area contributed by atoms with Crippen molar-refractivity contribution in [3.8, 4) is 0 Å². The van der Waals surface area contributed by atoms with Crippen molar-refractivity contribution in [1.29, 1.82) is 0 Å². The van der Waals surface area contributed by atoms with Crippen molar-refractivity contribution in [2.24, 2.45) is 0 Å². The van der Waals surface area contributed by atoms with Crippen molar-refractivity contribution in [1.82, 2.24) is 0 Å². The topological polar surface area (TPSA) is 0 Å². The second-order valence-electron chi connectivity index (χ2n) is 2.24. The summed E-state index contributed by atoms with van der Waals surface area (Å²) >= 11 is 4.52. The SMILES string of the molecule is Fc1ccccc1CC[C]=S. The Hall–Kier alpha value is -0.760. The first-order valence-electron chi connectivity index (χ1n) is 3.43. The number of thiocarbonyl (C=S) groups is 1. The van der Waals surface area contributed by atoms with E-state index in [4.69, 9.17) is 0 Å². The zero-order valence-corrected chi connectivity index (χ0v) is 6.83.